The molecule has 39 heavy (non-hydrogen) atoms. The van der Waals surface area contributed by atoms with Gasteiger partial charge in [-0.3, -0.25) is 24.6 Å². The number of likely N-dealkylation sites (tertiary alicyclic amines) is 1. The molecular weight excluding hydrogens is 494 g/mol. The average molecular weight is 528 g/mol. The normalized spacial score (nSPS) is 22.0. The molecule has 9 nitrogen and oxygen atoms in total. The predicted octanol–water partition coefficient (Wildman–Crippen LogP) is 3.19. The maximum absolute atomic E-state index is 13.3. The fourth-order valence-electron chi connectivity index (χ4n) is 6.64. The van der Waals surface area contributed by atoms with Crippen LogP contribution in [0.4, 0.5) is 0 Å². The second kappa shape index (κ2) is 9.57. The first kappa shape index (κ1) is 24.5. The highest BCUT2D eigenvalue weighted by Gasteiger charge is 2.39. The van der Waals surface area contributed by atoms with Gasteiger partial charge in [-0.1, -0.05) is 13.0 Å². The Kier molecular flexibility index (Phi) is 6.01. The molecule has 0 aliphatic carbocycles. The van der Waals surface area contributed by atoms with Crippen LogP contribution in [0.25, 0.3) is 22.3 Å². The van der Waals surface area contributed by atoms with E-state index in [2.05, 4.69) is 40.0 Å². The summed E-state index contributed by atoms with van der Waals surface area (Å²) in [5.74, 6) is -0.821. The van der Waals surface area contributed by atoms with Crippen LogP contribution in [0.2, 0.25) is 0 Å². The molecule has 7 rings (SSSR count). The molecule has 3 aromatic rings. The lowest BCUT2D eigenvalue weighted by Crippen LogP contribution is -2.52. The van der Waals surface area contributed by atoms with Crippen molar-refractivity contribution in [2.45, 2.75) is 64.2 Å². The van der Waals surface area contributed by atoms with Crippen LogP contribution >= 0.6 is 0 Å². The van der Waals surface area contributed by atoms with Crippen LogP contribution < -0.4 is 5.32 Å². The van der Waals surface area contributed by atoms with Crippen LogP contribution in [-0.2, 0) is 33.8 Å². The largest absolute Gasteiger partial charge is 0.377 e. The van der Waals surface area contributed by atoms with Gasteiger partial charge in [0.25, 0.3) is 5.91 Å². The number of imide groups is 1. The Bertz CT molecular complexity index is 1500. The molecule has 0 saturated carbocycles. The summed E-state index contributed by atoms with van der Waals surface area (Å²) in [6.07, 6.45) is 6.10. The first-order chi connectivity index (χ1) is 19.0. The number of carbonyl (C=O) groups excluding carboxylic acids is 3. The van der Waals surface area contributed by atoms with Gasteiger partial charge in [0.15, 0.2) is 0 Å². The van der Waals surface area contributed by atoms with Gasteiger partial charge in [-0.15, -0.1) is 0 Å². The van der Waals surface area contributed by atoms with Crippen LogP contribution in [0.15, 0.2) is 30.5 Å². The number of benzene rings is 1. The molecule has 202 valence electrons. The monoisotopic (exact) mass is 527 g/mol. The molecule has 9 heteroatoms. The Labute approximate surface area is 227 Å². The van der Waals surface area contributed by atoms with Crippen LogP contribution in [0.3, 0.4) is 0 Å². The number of hydrogen-bond donors (Lipinski definition) is 1. The van der Waals surface area contributed by atoms with E-state index in [1.165, 1.54) is 29.4 Å². The van der Waals surface area contributed by atoms with Crippen molar-refractivity contribution in [3.05, 3.63) is 52.7 Å². The molecule has 1 aromatic carbocycles. The molecule has 4 aliphatic rings. The van der Waals surface area contributed by atoms with Crippen molar-refractivity contribution in [2.24, 2.45) is 0 Å². The molecule has 0 spiro atoms. The Balaban J connectivity index is 1.30. The third-order valence-corrected chi connectivity index (χ3v) is 8.83. The zero-order valence-corrected chi connectivity index (χ0v) is 22.2. The number of nitrogens with zero attached hydrogens (tertiary/aromatic N) is 4. The van der Waals surface area contributed by atoms with E-state index >= 15 is 0 Å². The third kappa shape index (κ3) is 4.06. The van der Waals surface area contributed by atoms with Crippen molar-refractivity contribution in [1.29, 1.82) is 0 Å². The fraction of sp³-hybridized carbons (Fsp3) is 0.467. The number of pyridine rings is 1. The lowest BCUT2D eigenvalue weighted by Gasteiger charge is -2.29. The van der Waals surface area contributed by atoms with Gasteiger partial charge in [0, 0.05) is 42.2 Å². The van der Waals surface area contributed by atoms with Crippen LogP contribution in [0, 0.1) is 0 Å². The van der Waals surface area contributed by atoms with Gasteiger partial charge in [-0.05, 0) is 73.7 Å². The number of carbonyl (C=O) groups is 3. The summed E-state index contributed by atoms with van der Waals surface area (Å²) in [6, 6.07) is 7.85. The van der Waals surface area contributed by atoms with Crippen molar-refractivity contribution < 1.29 is 19.1 Å². The van der Waals surface area contributed by atoms with E-state index in [1.807, 2.05) is 12.1 Å². The number of nitrogens with one attached hydrogen (secondary N) is 1. The molecule has 3 fully saturated rings. The summed E-state index contributed by atoms with van der Waals surface area (Å²) in [5, 5.41) is 3.60. The highest BCUT2D eigenvalue weighted by molar-refractivity contribution is 6.05. The number of rotatable bonds is 6. The van der Waals surface area contributed by atoms with Crippen LogP contribution in [0.1, 0.15) is 65.7 Å². The molecule has 1 unspecified atom stereocenters. The number of hydrogen-bond acceptors (Lipinski definition) is 6. The maximum Gasteiger partial charge on any atom is 0.255 e. The molecule has 0 bridgehead atoms. The highest BCUT2D eigenvalue weighted by Crippen LogP contribution is 2.37. The molecule has 4 aliphatic heterocycles. The van der Waals surface area contributed by atoms with Crippen molar-refractivity contribution in [3.8, 4) is 11.3 Å². The second-order valence-corrected chi connectivity index (χ2v) is 11.2. The topological polar surface area (TPSA) is 96.8 Å². The number of ether oxygens (including phenoxy) is 1. The summed E-state index contributed by atoms with van der Waals surface area (Å²) in [4.78, 5) is 46.8. The van der Waals surface area contributed by atoms with E-state index in [4.69, 9.17) is 9.72 Å². The van der Waals surface area contributed by atoms with Gasteiger partial charge in [0.2, 0.25) is 11.8 Å². The summed E-state index contributed by atoms with van der Waals surface area (Å²) in [6.45, 7) is 7.11. The van der Waals surface area contributed by atoms with Crippen LogP contribution in [0.5, 0.6) is 0 Å². The Hall–Kier alpha value is -3.56. The van der Waals surface area contributed by atoms with Crippen molar-refractivity contribution in [2.75, 3.05) is 26.3 Å². The van der Waals surface area contributed by atoms with Gasteiger partial charge >= 0.3 is 0 Å². The molecular formula is C30H33N5O4. The summed E-state index contributed by atoms with van der Waals surface area (Å²) >= 11 is 0. The first-order valence-electron chi connectivity index (χ1n) is 14.1. The van der Waals surface area contributed by atoms with Gasteiger partial charge in [0.1, 0.15) is 11.7 Å². The summed E-state index contributed by atoms with van der Waals surface area (Å²) < 4.78 is 7.76. The van der Waals surface area contributed by atoms with E-state index in [9.17, 15) is 14.4 Å². The zero-order valence-electron chi connectivity index (χ0n) is 22.2. The molecule has 0 radical (unpaired) electrons. The van der Waals surface area contributed by atoms with Gasteiger partial charge in [-0.25, -0.2) is 4.98 Å². The van der Waals surface area contributed by atoms with Crippen molar-refractivity contribution >= 4 is 28.8 Å². The molecule has 1 atom stereocenters. The summed E-state index contributed by atoms with van der Waals surface area (Å²) in [7, 11) is 0. The minimum atomic E-state index is -0.619. The summed E-state index contributed by atoms with van der Waals surface area (Å²) in [5.41, 5.74) is 7.07. The second-order valence-electron chi connectivity index (χ2n) is 11.2. The molecule has 3 saturated heterocycles. The number of amides is 3. The Morgan fingerprint density at radius 3 is 2.62 bits per heavy atom. The smallest absolute Gasteiger partial charge is 0.255 e. The van der Waals surface area contributed by atoms with Crippen LogP contribution in [-0.4, -0.2) is 69.4 Å². The fourth-order valence-corrected chi connectivity index (χ4v) is 6.64. The SMILES string of the molecule is CCc1c(-c2ccc3c(c2)CN(C2CCC(=O)NC2=O)C3=O)nc2c(ccn2C2COC2)c1CN1CCCC1. The van der Waals surface area contributed by atoms with Gasteiger partial charge < -0.3 is 14.2 Å². The molecule has 1 N–H and O–H groups in total. The number of piperidine rings is 1. The average Bonchev–Trinajstić information content (AvgIpc) is 3.63. The minimum Gasteiger partial charge on any atom is -0.377 e. The van der Waals surface area contributed by atoms with E-state index in [-0.39, 0.29) is 24.1 Å². The van der Waals surface area contributed by atoms with Crippen molar-refractivity contribution in [1.82, 2.24) is 24.7 Å². The standard InChI is InChI=1S/C30H33N5O4/c1-2-21-24(15-33-10-3-4-11-33)23-9-12-34(20-16-39-17-20)28(23)32-27(21)18-5-6-22-19(13-18)14-35(30(22)38)25-7-8-26(36)31-29(25)37/h5-6,9,12-13,20,25H,2-4,7-8,10-11,14-17H2,1H3,(H,31,36,37). The van der Waals surface area contributed by atoms with Gasteiger partial charge in [-0.2, -0.15) is 0 Å². The quantitative estimate of drug-likeness (QED) is 0.495. The van der Waals surface area contributed by atoms with E-state index in [0.717, 1.165) is 48.5 Å². The number of fused-ring (bicyclic) bond motifs is 2. The third-order valence-electron chi connectivity index (χ3n) is 8.83. The van der Waals surface area contributed by atoms with Gasteiger partial charge in [0.05, 0.1) is 24.9 Å². The van der Waals surface area contributed by atoms with E-state index in [1.54, 1.807) is 4.90 Å². The highest BCUT2D eigenvalue weighted by atomic mass is 16.5. The predicted molar refractivity (Wildman–Crippen MR) is 145 cm³/mol. The van der Waals surface area contributed by atoms with E-state index in [0.29, 0.717) is 37.8 Å². The Morgan fingerprint density at radius 1 is 1.08 bits per heavy atom. The first-order valence-corrected chi connectivity index (χ1v) is 14.1. The molecule has 3 amide bonds. The minimum absolute atomic E-state index is 0.154. The molecule has 6 heterocycles. The zero-order chi connectivity index (χ0) is 26.7. The van der Waals surface area contributed by atoms with Crippen molar-refractivity contribution in [3.63, 3.8) is 0 Å². The lowest BCUT2D eigenvalue weighted by molar-refractivity contribution is -0.136. The maximum atomic E-state index is 13.3. The lowest BCUT2D eigenvalue weighted by atomic mass is 9.94. The number of aromatic nitrogens is 2. The molecule has 2 aromatic heterocycles. The van der Waals surface area contributed by atoms with E-state index < -0.39 is 6.04 Å². The Morgan fingerprint density at radius 2 is 1.90 bits per heavy atom.